The lowest BCUT2D eigenvalue weighted by molar-refractivity contribution is 0.185. The molecule has 94 valence electrons. The van der Waals surface area contributed by atoms with Crippen LogP contribution < -0.4 is 0 Å². The first-order valence-corrected chi connectivity index (χ1v) is 5.78. The number of methoxy groups -OCH3 is 1. The van der Waals surface area contributed by atoms with Crippen molar-refractivity contribution in [3.8, 4) is 11.4 Å². The molecule has 0 fully saturated rings. The summed E-state index contributed by atoms with van der Waals surface area (Å²) in [7, 11) is 1.61. The Kier molecular flexibility index (Phi) is 3.89. The molecule has 0 aliphatic rings. The normalized spacial score (nSPS) is 10.7. The molecule has 1 heterocycles. The highest BCUT2D eigenvalue weighted by Gasteiger charge is 2.13. The summed E-state index contributed by atoms with van der Waals surface area (Å²) in [6.45, 7) is 2.00. The summed E-state index contributed by atoms with van der Waals surface area (Å²) in [4.78, 5) is 8.09. The fraction of sp³-hybridized carbons (Fsp3) is 0.231. The van der Waals surface area contributed by atoms with Crippen LogP contribution in [0.2, 0.25) is 5.15 Å². The number of ether oxygens (including phenoxy) is 1. The fourth-order valence-electron chi connectivity index (χ4n) is 1.66. The molecule has 0 atom stereocenters. The van der Waals surface area contributed by atoms with Crippen molar-refractivity contribution < 1.29 is 9.13 Å². The first-order valence-electron chi connectivity index (χ1n) is 5.40. The molecule has 0 radical (unpaired) electrons. The highest BCUT2D eigenvalue weighted by atomic mass is 35.5. The van der Waals surface area contributed by atoms with E-state index < -0.39 is 5.82 Å². The van der Waals surface area contributed by atoms with Crippen LogP contribution in [0.15, 0.2) is 24.3 Å². The zero-order chi connectivity index (χ0) is 13.1. The van der Waals surface area contributed by atoms with Crippen LogP contribution in [0.5, 0.6) is 0 Å². The second-order valence-electron chi connectivity index (χ2n) is 3.83. The van der Waals surface area contributed by atoms with E-state index in [9.17, 15) is 4.39 Å². The van der Waals surface area contributed by atoms with Gasteiger partial charge >= 0.3 is 0 Å². The molecule has 1 aromatic carbocycles. The summed E-state index contributed by atoms with van der Waals surface area (Å²) < 4.78 is 18.5. The quantitative estimate of drug-likeness (QED) is 0.799. The number of aromatic nitrogens is 2. The van der Waals surface area contributed by atoms with Crippen LogP contribution in [0, 0.1) is 12.7 Å². The summed E-state index contributed by atoms with van der Waals surface area (Å²) >= 11 is 5.74. The van der Waals surface area contributed by atoms with Crippen LogP contribution >= 0.6 is 11.6 Å². The van der Waals surface area contributed by atoms with Crippen LogP contribution in [0.4, 0.5) is 4.39 Å². The molecule has 0 saturated heterocycles. The number of aryl methyl sites for hydroxylation is 1. The molecule has 2 rings (SSSR count). The van der Waals surface area contributed by atoms with Gasteiger partial charge in [0.05, 0.1) is 12.3 Å². The molecule has 0 aliphatic carbocycles. The second kappa shape index (κ2) is 5.42. The average molecular weight is 267 g/mol. The molecule has 2 aromatic rings. The molecular formula is C13H12ClFN2O. The SMILES string of the molecule is COCc1ccccc1-c1nc(C)c(F)c(Cl)n1. The third kappa shape index (κ3) is 2.49. The van der Waals surface area contributed by atoms with Crippen LogP contribution in [0.1, 0.15) is 11.3 Å². The minimum atomic E-state index is -0.579. The number of rotatable bonds is 3. The van der Waals surface area contributed by atoms with E-state index in [1.54, 1.807) is 14.0 Å². The first kappa shape index (κ1) is 12.9. The number of nitrogens with zero attached hydrogens (tertiary/aromatic N) is 2. The molecule has 18 heavy (non-hydrogen) atoms. The maximum Gasteiger partial charge on any atom is 0.181 e. The van der Waals surface area contributed by atoms with Gasteiger partial charge in [0.1, 0.15) is 0 Å². The van der Waals surface area contributed by atoms with Crippen molar-refractivity contribution in [3.05, 3.63) is 46.5 Å². The van der Waals surface area contributed by atoms with Crippen LogP contribution in [0.25, 0.3) is 11.4 Å². The molecule has 0 N–H and O–H groups in total. The zero-order valence-corrected chi connectivity index (χ0v) is 10.8. The summed E-state index contributed by atoms with van der Waals surface area (Å²) in [6.07, 6.45) is 0. The first-order chi connectivity index (χ1) is 8.63. The van der Waals surface area contributed by atoms with Gasteiger partial charge in [-0.25, -0.2) is 14.4 Å². The van der Waals surface area contributed by atoms with Gasteiger partial charge < -0.3 is 4.74 Å². The zero-order valence-electron chi connectivity index (χ0n) is 10.1. The van der Waals surface area contributed by atoms with Crippen molar-refractivity contribution in [1.82, 2.24) is 9.97 Å². The van der Waals surface area contributed by atoms with E-state index >= 15 is 0 Å². The molecule has 0 saturated carbocycles. The summed E-state index contributed by atoms with van der Waals surface area (Å²) in [5.74, 6) is -0.170. The lowest BCUT2D eigenvalue weighted by Gasteiger charge is -2.08. The van der Waals surface area contributed by atoms with Gasteiger partial charge in [-0.1, -0.05) is 35.9 Å². The predicted octanol–water partition coefficient (Wildman–Crippen LogP) is 3.39. The fourth-order valence-corrected chi connectivity index (χ4v) is 1.88. The Labute approximate surface area is 110 Å². The minimum Gasteiger partial charge on any atom is -0.380 e. The number of benzene rings is 1. The van der Waals surface area contributed by atoms with Gasteiger partial charge in [-0.05, 0) is 12.5 Å². The van der Waals surface area contributed by atoms with Crippen molar-refractivity contribution in [2.24, 2.45) is 0 Å². The summed E-state index contributed by atoms with van der Waals surface area (Å²) in [6, 6.07) is 7.53. The Morgan fingerprint density at radius 2 is 2.00 bits per heavy atom. The van der Waals surface area contributed by atoms with E-state index in [2.05, 4.69) is 9.97 Å². The topological polar surface area (TPSA) is 35.0 Å². The molecule has 3 nitrogen and oxygen atoms in total. The summed E-state index contributed by atoms with van der Waals surface area (Å²) in [5, 5.41) is -0.162. The average Bonchev–Trinajstić information content (AvgIpc) is 2.36. The number of hydrogen-bond acceptors (Lipinski definition) is 3. The van der Waals surface area contributed by atoms with E-state index in [1.807, 2.05) is 24.3 Å². The minimum absolute atomic E-state index is 0.162. The Hall–Kier alpha value is -1.52. The molecular weight excluding hydrogens is 255 g/mol. The number of hydrogen-bond donors (Lipinski definition) is 0. The monoisotopic (exact) mass is 266 g/mol. The Morgan fingerprint density at radius 3 is 2.67 bits per heavy atom. The van der Waals surface area contributed by atoms with E-state index in [0.29, 0.717) is 12.4 Å². The Morgan fingerprint density at radius 1 is 1.28 bits per heavy atom. The third-order valence-corrected chi connectivity index (χ3v) is 2.78. The van der Waals surface area contributed by atoms with Crippen molar-refractivity contribution >= 4 is 11.6 Å². The predicted molar refractivity (Wildman–Crippen MR) is 67.9 cm³/mol. The molecule has 0 amide bonds. The van der Waals surface area contributed by atoms with Crippen molar-refractivity contribution in [2.45, 2.75) is 13.5 Å². The van der Waals surface area contributed by atoms with Crippen molar-refractivity contribution in [3.63, 3.8) is 0 Å². The molecule has 0 aliphatic heterocycles. The van der Waals surface area contributed by atoms with Crippen LogP contribution in [-0.2, 0) is 11.3 Å². The van der Waals surface area contributed by atoms with Gasteiger partial charge in [0.2, 0.25) is 0 Å². The van der Waals surface area contributed by atoms with Gasteiger partial charge in [0, 0.05) is 12.7 Å². The molecule has 0 spiro atoms. The standard InChI is InChI=1S/C13H12ClFN2O/c1-8-11(15)12(14)17-13(16-8)10-6-4-3-5-9(10)7-18-2/h3-6H,7H2,1-2H3. The van der Waals surface area contributed by atoms with Crippen LogP contribution in [0.3, 0.4) is 0 Å². The van der Waals surface area contributed by atoms with Crippen molar-refractivity contribution in [2.75, 3.05) is 7.11 Å². The Balaban J connectivity index is 2.55. The largest absolute Gasteiger partial charge is 0.380 e. The smallest absolute Gasteiger partial charge is 0.181 e. The highest BCUT2D eigenvalue weighted by molar-refractivity contribution is 6.29. The lowest BCUT2D eigenvalue weighted by atomic mass is 10.1. The van der Waals surface area contributed by atoms with Gasteiger partial charge in [0.25, 0.3) is 0 Å². The molecule has 5 heteroatoms. The van der Waals surface area contributed by atoms with E-state index in [-0.39, 0.29) is 10.8 Å². The third-order valence-electron chi connectivity index (χ3n) is 2.53. The summed E-state index contributed by atoms with van der Waals surface area (Å²) in [5.41, 5.74) is 1.96. The molecule has 1 aromatic heterocycles. The van der Waals surface area contributed by atoms with E-state index in [0.717, 1.165) is 11.1 Å². The van der Waals surface area contributed by atoms with E-state index in [4.69, 9.17) is 16.3 Å². The van der Waals surface area contributed by atoms with Crippen LogP contribution in [-0.4, -0.2) is 17.1 Å². The van der Waals surface area contributed by atoms with Gasteiger partial charge in [0.15, 0.2) is 16.8 Å². The maximum atomic E-state index is 13.4. The highest BCUT2D eigenvalue weighted by Crippen LogP contribution is 2.24. The number of halogens is 2. The van der Waals surface area contributed by atoms with Gasteiger partial charge in [-0.15, -0.1) is 0 Å². The lowest BCUT2D eigenvalue weighted by Crippen LogP contribution is -2.00. The molecule has 0 bridgehead atoms. The second-order valence-corrected chi connectivity index (χ2v) is 4.19. The van der Waals surface area contributed by atoms with Crippen molar-refractivity contribution in [1.29, 1.82) is 0 Å². The Bertz CT molecular complexity index is 552. The van der Waals surface area contributed by atoms with Gasteiger partial charge in [-0.3, -0.25) is 0 Å². The van der Waals surface area contributed by atoms with E-state index in [1.165, 1.54) is 0 Å². The molecule has 0 unspecified atom stereocenters. The van der Waals surface area contributed by atoms with Gasteiger partial charge in [-0.2, -0.15) is 0 Å². The maximum absolute atomic E-state index is 13.4.